The van der Waals surface area contributed by atoms with E-state index in [-0.39, 0.29) is 22.8 Å². The van der Waals surface area contributed by atoms with Crippen LogP contribution < -0.4 is 10.1 Å². The topological polar surface area (TPSA) is 75.6 Å². The van der Waals surface area contributed by atoms with Crippen LogP contribution >= 0.6 is 11.8 Å². The van der Waals surface area contributed by atoms with Crippen LogP contribution in [0.25, 0.3) is 0 Å². The Balaban J connectivity index is 2.05. The number of carbonyl (C=O) groups excluding carboxylic acids is 1. The average Bonchev–Trinajstić information content (AvgIpc) is 2.59. The summed E-state index contributed by atoms with van der Waals surface area (Å²) in [5.41, 5.74) is -0.354. The number of alkyl halides is 3. The van der Waals surface area contributed by atoms with Gasteiger partial charge in [0.2, 0.25) is 0 Å². The molecule has 0 aliphatic rings. The van der Waals surface area contributed by atoms with Crippen molar-refractivity contribution >= 4 is 28.7 Å². The number of ether oxygens (including phenoxy) is 1. The van der Waals surface area contributed by atoms with Gasteiger partial charge in [0, 0.05) is 5.75 Å². The van der Waals surface area contributed by atoms with Crippen molar-refractivity contribution in [1.29, 1.82) is 0 Å². The molecule has 0 saturated heterocycles. The molecule has 0 aromatic heterocycles. The number of amides is 1. The zero-order valence-electron chi connectivity index (χ0n) is 13.5. The molecule has 2 N–H and O–H groups in total. The van der Waals surface area contributed by atoms with Crippen molar-refractivity contribution in [2.45, 2.75) is 11.9 Å². The van der Waals surface area contributed by atoms with Crippen molar-refractivity contribution in [2.75, 3.05) is 12.4 Å². The van der Waals surface area contributed by atoms with Gasteiger partial charge in [0.15, 0.2) is 0 Å². The molecule has 1 amide bonds. The first kappa shape index (κ1) is 19.6. The molecule has 2 aromatic rings. The Morgan fingerprint density at radius 3 is 2.35 bits per heavy atom. The van der Waals surface area contributed by atoms with Gasteiger partial charge in [0.1, 0.15) is 5.75 Å². The molecule has 0 aliphatic heterocycles. The lowest BCUT2D eigenvalue weighted by molar-refractivity contribution is -0.137. The van der Waals surface area contributed by atoms with E-state index in [9.17, 15) is 27.9 Å². The van der Waals surface area contributed by atoms with E-state index >= 15 is 0 Å². The first-order valence-electron chi connectivity index (χ1n) is 7.22. The van der Waals surface area contributed by atoms with E-state index in [1.165, 1.54) is 37.4 Å². The van der Waals surface area contributed by atoms with Crippen LogP contribution in [0.5, 0.6) is 5.75 Å². The number of nitrogens with one attached hydrogen (secondary N) is 1. The number of methoxy groups -OCH3 is 1. The zero-order chi connectivity index (χ0) is 19.3. The van der Waals surface area contributed by atoms with Crippen LogP contribution in [0.1, 0.15) is 21.5 Å². The van der Waals surface area contributed by atoms with Crippen LogP contribution in [-0.4, -0.2) is 23.4 Å². The van der Waals surface area contributed by atoms with Crippen molar-refractivity contribution in [3.63, 3.8) is 0 Å². The number of carboxylic acid groups (broad SMARTS) is 1. The Kier molecular flexibility index (Phi) is 6.14. The van der Waals surface area contributed by atoms with Gasteiger partial charge in [0.25, 0.3) is 5.24 Å². The number of thioether (sulfide) groups is 1. The molecular formula is C17H14F3NO4S. The number of halogens is 3. The molecule has 2 aromatic carbocycles. The number of hydrogen-bond donors (Lipinski definition) is 2. The molecule has 0 saturated carbocycles. The van der Waals surface area contributed by atoms with Crippen LogP contribution in [0.3, 0.4) is 0 Å². The standard InChI is InChI=1S/C17H14F3NO4S/c1-25-13-4-2-3-12(15(22)23)14(13)21-16(24)26-9-10-5-7-11(8-6-10)17(18,19)20/h2-8H,9H2,1H3,(H,21,24)(H,22,23). The molecule has 0 aliphatic carbocycles. The van der Waals surface area contributed by atoms with Gasteiger partial charge in [-0.3, -0.25) is 4.79 Å². The highest BCUT2D eigenvalue weighted by atomic mass is 32.2. The van der Waals surface area contributed by atoms with Gasteiger partial charge in [-0.1, -0.05) is 30.0 Å². The smallest absolute Gasteiger partial charge is 0.416 e. The molecule has 5 nitrogen and oxygen atoms in total. The molecule has 0 unspecified atom stereocenters. The van der Waals surface area contributed by atoms with Crippen LogP contribution in [0.4, 0.5) is 23.7 Å². The van der Waals surface area contributed by atoms with Crippen molar-refractivity contribution in [3.05, 3.63) is 59.2 Å². The molecule has 0 radical (unpaired) electrons. The summed E-state index contributed by atoms with van der Waals surface area (Å²) in [6.45, 7) is 0. The summed E-state index contributed by atoms with van der Waals surface area (Å²) in [4.78, 5) is 23.3. The van der Waals surface area contributed by atoms with E-state index < -0.39 is 22.9 Å². The largest absolute Gasteiger partial charge is 0.495 e. The van der Waals surface area contributed by atoms with Crippen molar-refractivity contribution in [3.8, 4) is 5.75 Å². The number of carbonyl (C=O) groups is 2. The van der Waals surface area contributed by atoms with Gasteiger partial charge in [-0.25, -0.2) is 4.79 Å². The third-order valence-electron chi connectivity index (χ3n) is 3.35. The van der Waals surface area contributed by atoms with Gasteiger partial charge in [0.05, 0.1) is 23.9 Å². The van der Waals surface area contributed by atoms with Crippen molar-refractivity contribution in [1.82, 2.24) is 0 Å². The van der Waals surface area contributed by atoms with Crippen molar-refractivity contribution in [2.24, 2.45) is 0 Å². The second-order valence-corrected chi connectivity index (χ2v) is 6.03. The van der Waals surface area contributed by atoms with E-state index in [1.807, 2.05) is 0 Å². The lowest BCUT2D eigenvalue weighted by Crippen LogP contribution is -2.11. The molecule has 0 bridgehead atoms. The highest BCUT2D eigenvalue weighted by molar-refractivity contribution is 8.13. The Morgan fingerprint density at radius 2 is 1.81 bits per heavy atom. The van der Waals surface area contributed by atoms with Crippen LogP contribution in [0, 0.1) is 0 Å². The maximum absolute atomic E-state index is 12.5. The molecule has 0 spiro atoms. The second-order valence-electron chi connectivity index (χ2n) is 5.08. The van der Waals surface area contributed by atoms with Gasteiger partial charge in [-0.2, -0.15) is 13.2 Å². The minimum atomic E-state index is -4.42. The number of aromatic carboxylic acids is 1. The lowest BCUT2D eigenvalue weighted by Gasteiger charge is -2.12. The third kappa shape index (κ3) is 4.92. The minimum Gasteiger partial charge on any atom is -0.495 e. The van der Waals surface area contributed by atoms with Crippen LogP contribution in [-0.2, 0) is 11.9 Å². The molecule has 0 atom stereocenters. The Hall–Kier alpha value is -2.68. The highest BCUT2D eigenvalue weighted by Gasteiger charge is 2.29. The fourth-order valence-electron chi connectivity index (χ4n) is 2.09. The Bertz CT molecular complexity index is 807. The molecular weight excluding hydrogens is 371 g/mol. The molecule has 26 heavy (non-hydrogen) atoms. The maximum atomic E-state index is 12.5. The SMILES string of the molecule is COc1cccc(C(=O)O)c1NC(=O)SCc1ccc(C(F)(F)F)cc1. The average molecular weight is 385 g/mol. The Labute approximate surface area is 151 Å². The van der Waals surface area contributed by atoms with E-state index in [0.29, 0.717) is 5.56 Å². The summed E-state index contributed by atoms with van der Waals surface area (Å²) >= 11 is 0.798. The number of benzene rings is 2. The summed E-state index contributed by atoms with van der Waals surface area (Å²) in [5, 5.41) is 11.1. The maximum Gasteiger partial charge on any atom is 0.416 e. The fourth-order valence-corrected chi connectivity index (χ4v) is 2.75. The van der Waals surface area contributed by atoms with Crippen molar-refractivity contribution < 1.29 is 32.6 Å². The first-order valence-corrected chi connectivity index (χ1v) is 8.21. The minimum absolute atomic E-state index is 0.0208. The van der Waals surface area contributed by atoms with Gasteiger partial charge in [-0.05, 0) is 29.8 Å². The molecule has 9 heteroatoms. The number of hydrogen-bond acceptors (Lipinski definition) is 4. The predicted molar refractivity (Wildman–Crippen MR) is 91.7 cm³/mol. The van der Waals surface area contributed by atoms with Gasteiger partial charge >= 0.3 is 12.1 Å². The van der Waals surface area contributed by atoms with Gasteiger partial charge in [-0.15, -0.1) is 0 Å². The van der Waals surface area contributed by atoms with Crippen LogP contribution in [0.15, 0.2) is 42.5 Å². The number of rotatable bonds is 5. The van der Waals surface area contributed by atoms with E-state index in [0.717, 1.165) is 23.9 Å². The lowest BCUT2D eigenvalue weighted by atomic mass is 10.1. The Morgan fingerprint density at radius 1 is 1.15 bits per heavy atom. The summed E-state index contributed by atoms with van der Waals surface area (Å²) < 4.78 is 42.6. The van der Waals surface area contributed by atoms with E-state index in [2.05, 4.69) is 5.32 Å². The van der Waals surface area contributed by atoms with E-state index in [4.69, 9.17) is 4.74 Å². The molecule has 2 rings (SSSR count). The number of para-hydroxylation sites is 1. The predicted octanol–water partition coefficient (Wildman–Crippen LogP) is 4.88. The quantitative estimate of drug-likeness (QED) is 0.767. The van der Waals surface area contributed by atoms with Gasteiger partial charge < -0.3 is 15.2 Å². The molecule has 138 valence electrons. The van der Waals surface area contributed by atoms with Crippen LogP contribution in [0.2, 0.25) is 0 Å². The molecule has 0 fully saturated rings. The first-order chi connectivity index (χ1) is 12.2. The summed E-state index contributed by atoms with van der Waals surface area (Å²) in [6, 6.07) is 8.76. The number of carboxylic acids is 1. The second kappa shape index (κ2) is 8.13. The fraction of sp³-hybridized carbons (Fsp3) is 0.176. The van der Waals surface area contributed by atoms with E-state index in [1.54, 1.807) is 0 Å². The summed E-state index contributed by atoms with van der Waals surface area (Å²) in [6.07, 6.45) is -4.42. The highest BCUT2D eigenvalue weighted by Crippen LogP contribution is 2.31. The summed E-state index contributed by atoms with van der Waals surface area (Å²) in [5.74, 6) is -0.915. The summed E-state index contributed by atoms with van der Waals surface area (Å²) in [7, 11) is 1.34. The zero-order valence-corrected chi connectivity index (χ0v) is 14.3. The molecule has 0 heterocycles. The monoisotopic (exact) mass is 385 g/mol. The third-order valence-corrected chi connectivity index (χ3v) is 4.20. The number of anilines is 1. The normalized spacial score (nSPS) is 11.1.